The zero-order chi connectivity index (χ0) is 10.6. The summed E-state index contributed by atoms with van der Waals surface area (Å²) in [5, 5.41) is 3.28. The van der Waals surface area contributed by atoms with Crippen LogP contribution in [0.1, 0.15) is 27.2 Å². The van der Waals surface area contributed by atoms with E-state index in [1.807, 2.05) is 0 Å². The molecule has 1 rings (SSSR count). The Balaban J connectivity index is 2.64. The predicted octanol–water partition coefficient (Wildman–Crippen LogP) is 1.91. The Morgan fingerprint density at radius 3 is 2.79 bits per heavy atom. The molecule has 0 radical (unpaired) electrons. The number of nitrogen functional groups attached to an aromatic ring is 1. The highest BCUT2D eigenvalue weighted by molar-refractivity contribution is 5.59. The van der Waals surface area contributed by atoms with Gasteiger partial charge in [-0.3, -0.25) is 0 Å². The lowest BCUT2D eigenvalue weighted by Crippen LogP contribution is -2.24. The summed E-state index contributed by atoms with van der Waals surface area (Å²) in [5.74, 6) is 1.33. The van der Waals surface area contributed by atoms with Gasteiger partial charge in [-0.1, -0.05) is 20.3 Å². The van der Waals surface area contributed by atoms with Gasteiger partial charge in [0.2, 0.25) is 0 Å². The first kappa shape index (κ1) is 10.8. The number of hydrogen-bond acceptors (Lipinski definition) is 4. The Kier molecular flexibility index (Phi) is 3.68. The molecule has 0 aromatic carbocycles. The molecule has 4 nitrogen and oxygen atoms in total. The fourth-order valence-electron chi connectivity index (χ4n) is 1.17. The highest BCUT2D eigenvalue weighted by Gasteiger charge is 2.11. The van der Waals surface area contributed by atoms with Gasteiger partial charge in [0.1, 0.15) is 6.33 Å². The van der Waals surface area contributed by atoms with Crippen LogP contribution in [0.5, 0.6) is 0 Å². The van der Waals surface area contributed by atoms with Crippen molar-refractivity contribution in [2.75, 3.05) is 11.1 Å². The molecule has 0 amide bonds. The number of aromatic nitrogens is 2. The van der Waals surface area contributed by atoms with Crippen molar-refractivity contribution in [3.8, 4) is 0 Å². The zero-order valence-corrected chi connectivity index (χ0v) is 8.99. The van der Waals surface area contributed by atoms with Crippen molar-refractivity contribution in [3.63, 3.8) is 0 Å². The molecule has 0 spiro atoms. The summed E-state index contributed by atoms with van der Waals surface area (Å²) >= 11 is 0. The van der Waals surface area contributed by atoms with Crippen LogP contribution in [0.3, 0.4) is 0 Å². The molecule has 0 bridgehead atoms. The molecular weight excluding hydrogens is 176 g/mol. The number of rotatable bonds is 4. The Labute approximate surface area is 85.0 Å². The Bertz CT molecular complexity index is 287. The molecule has 1 aromatic rings. The molecule has 4 heteroatoms. The third-order valence-electron chi connectivity index (χ3n) is 2.60. The largest absolute Gasteiger partial charge is 0.394 e. The van der Waals surface area contributed by atoms with Crippen LogP contribution in [0.4, 0.5) is 11.5 Å². The van der Waals surface area contributed by atoms with E-state index in [4.69, 9.17) is 5.73 Å². The number of hydrogen-bond donors (Lipinski definition) is 2. The van der Waals surface area contributed by atoms with Crippen LogP contribution in [-0.2, 0) is 0 Å². The monoisotopic (exact) mass is 194 g/mol. The molecule has 2 atom stereocenters. The first-order valence-electron chi connectivity index (χ1n) is 4.97. The van der Waals surface area contributed by atoms with Crippen molar-refractivity contribution in [2.45, 2.75) is 33.2 Å². The van der Waals surface area contributed by atoms with E-state index in [0.29, 0.717) is 17.6 Å². The van der Waals surface area contributed by atoms with E-state index >= 15 is 0 Å². The SMILES string of the molecule is CCC(C)C(C)Nc1ncncc1N. The van der Waals surface area contributed by atoms with Crippen LogP contribution in [0.2, 0.25) is 0 Å². The predicted molar refractivity (Wildman–Crippen MR) is 59.0 cm³/mol. The molecule has 0 aliphatic rings. The smallest absolute Gasteiger partial charge is 0.152 e. The second-order valence-electron chi connectivity index (χ2n) is 3.65. The van der Waals surface area contributed by atoms with Crippen molar-refractivity contribution in [3.05, 3.63) is 12.5 Å². The van der Waals surface area contributed by atoms with E-state index in [1.165, 1.54) is 6.33 Å². The third-order valence-corrected chi connectivity index (χ3v) is 2.60. The van der Waals surface area contributed by atoms with E-state index < -0.39 is 0 Å². The van der Waals surface area contributed by atoms with Crippen molar-refractivity contribution >= 4 is 11.5 Å². The lowest BCUT2D eigenvalue weighted by molar-refractivity contribution is 0.493. The molecule has 1 aromatic heterocycles. The number of nitrogens with two attached hydrogens (primary N) is 1. The average Bonchev–Trinajstić information content (AvgIpc) is 2.20. The second-order valence-corrected chi connectivity index (χ2v) is 3.65. The van der Waals surface area contributed by atoms with E-state index in [0.717, 1.165) is 12.2 Å². The van der Waals surface area contributed by atoms with Crippen LogP contribution in [0.25, 0.3) is 0 Å². The van der Waals surface area contributed by atoms with E-state index in [2.05, 4.69) is 36.1 Å². The maximum Gasteiger partial charge on any atom is 0.152 e. The summed E-state index contributed by atoms with van der Waals surface area (Å²) in [6.45, 7) is 6.51. The quantitative estimate of drug-likeness (QED) is 0.768. The molecule has 2 unspecified atom stereocenters. The van der Waals surface area contributed by atoms with Crippen LogP contribution >= 0.6 is 0 Å². The Morgan fingerprint density at radius 1 is 1.50 bits per heavy atom. The van der Waals surface area contributed by atoms with Gasteiger partial charge in [0.25, 0.3) is 0 Å². The molecular formula is C10H18N4. The normalized spacial score (nSPS) is 14.8. The fraction of sp³-hybridized carbons (Fsp3) is 0.600. The lowest BCUT2D eigenvalue weighted by atomic mass is 10.0. The maximum absolute atomic E-state index is 5.72. The van der Waals surface area contributed by atoms with Crippen molar-refractivity contribution in [1.82, 2.24) is 9.97 Å². The minimum absolute atomic E-state index is 0.372. The van der Waals surface area contributed by atoms with Gasteiger partial charge in [-0.2, -0.15) is 0 Å². The maximum atomic E-state index is 5.72. The molecule has 0 aliphatic carbocycles. The molecule has 0 aliphatic heterocycles. The Morgan fingerprint density at radius 2 is 2.21 bits per heavy atom. The van der Waals surface area contributed by atoms with Crippen LogP contribution in [-0.4, -0.2) is 16.0 Å². The molecule has 78 valence electrons. The molecule has 0 saturated heterocycles. The molecule has 0 fully saturated rings. The standard InChI is InChI=1S/C10H18N4/c1-4-7(2)8(3)14-10-9(11)5-12-6-13-10/h5-8H,4,11H2,1-3H3,(H,12,13,14). The fourth-order valence-corrected chi connectivity index (χ4v) is 1.17. The van der Waals surface area contributed by atoms with Crippen molar-refractivity contribution in [2.24, 2.45) is 5.92 Å². The summed E-state index contributed by atoms with van der Waals surface area (Å²) in [7, 11) is 0. The first-order valence-corrected chi connectivity index (χ1v) is 4.97. The van der Waals surface area contributed by atoms with E-state index in [1.54, 1.807) is 6.20 Å². The van der Waals surface area contributed by atoms with E-state index in [9.17, 15) is 0 Å². The molecule has 1 heterocycles. The molecule has 14 heavy (non-hydrogen) atoms. The molecule has 3 N–H and O–H groups in total. The Hall–Kier alpha value is -1.32. The summed E-state index contributed by atoms with van der Waals surface area (Å²) < 4.78 is 0. The van der Waals surface area contributed by atoms with Crippen LogP contribution in [0.15, 0.2) is 12.5 Å². The summed E-state index contributed by atoms with van der Waals surface area (Å²) in [6.07, 6.45) is 4.25. The van der Waals surface area contributed by atoms with Crippen LogP contribution in [0, 0.1) is 5.92 Å². The number of anilines is 2. The second kappa shape index (κ2) is 4.79. The molecule has 0 saturated carbocycles. The third kappa shape index (κ3) is 2.58. The highest BCUT2D eigenvalue weighted by Crippen LogP contribution is 2.17. The summed E-state index contributed by atoms with van der Waals surface area (Å²) in [6, 6.07) is 0.372. The summed E-state index contributed by atoms with van der Waals surface area (Å²) in [4.78, 5) is 7.93. The summed E-state index contributed by atoms with van der Waals surface area (Å²) in [5.41, 5.74) is 6.32. The van der Waals surface area contributed by atoms with E-state index in [-0.39, 0.29) is 0 Å². The van der Waals surface area contributed by atoms with Gasteiger partial charge >= 0.3 is 0 Å². The van der Waals surface area contributed by atoms with Gasteiger partial charge in [0, 0.05) is 6.04 Å². The van der Waals surface area contributed by atoms with Gasteiger partial charge in [-0.05, 0) is 12.8 Å². The first-order chi connectivity index (χ1) is 6.65. The minimum atomic E-state index is 0.372. The highest BCUT2D eigenvalue weighted by atomic mass is 15.1. The topological polar surface area (TPSA) is 63.8 Å². The van der Waals surface area contributed by atoms with Gasteiger partial charge < -0.3 is 11.1 Å². The van der Waals surface area contributed by atoms with Gasteiger partial charge in [0.05, 0.1) is 11.9 Å². The average molecular weight is 194 g/mol. The zero-order valence-electron chi connectivity index (χ0n) is 8.99. The van der Waals surface area contributed by atoms with Crippen molar-refractivity contribution < 1.29 is 0 Å². The minimum Gasteiger partial charge on any atom is -0.394 e. The number of nitrogens with one attached hydrogen (secondary N) is 1. The van der Waals surface area contributed by atoms with Gasteiger partial charge in [0.15, 0.2) is 5.82 Å². The van der Waals surface area contributed by atoms with Gasteiger partial charge in [-0.25, -0.2) is 9.97 Å². The van der Waals surface area contributed by atoms with Crippen molar-refractivity contribution in [1.29, 1.82) is 0 Å². The van der Waals surface area contributed by atoms with Gasteiger partial charge in [-0.15, -0.1) is 0 Å². The number of nitrogens with zero attached hydrogens (tertiary/aromatic N) is 2. The lowest BCUT2D eigenvalue weighted by Gasteiger charge is -2.20. The van der Waals surface area contributed by atoms with Crippen LogP contribution < -0.4 is 11.1 Å².